The Bertz CT molecular complexity index is 140. The molecule has 0 bridgehead atoms. The van der Waals surface area contributed by atoms with Gasteiger partial charge in [0.05, 0.1) is 14.4 Å². The van der Waals surface area contributed by atoms with Crippen molar-refractivity contribution >= 4 is 31.0 Å². The van der Waals surface area contributed by atoms with Crippen LogP contribution in [0, 0.1) is 0 Å². The quantitative estimate of drug-likeness (QED) is 0.302. The van der Waals surface area contributed by atoms with Crippen molar-refractivity contribution in [2.75, 3.05) is 6.61 Å². The largest absolute Gasteiger partial charge is 1.00 e. The van der Waals surface area contributed by atoms with Gasteiger partial charge in [-0.25, -0.2) is 0 Å². The van der Waals surface area contributed by atoms with E-state index in [-0.39, 0.29) is 151 Å². The molecule has 0 rings (SSSR count). The fraction of sp³-hybridized carbons (Fsp3) is 1.00. The summed E-state index contributed by atoms with van der Waals surface area (Å²) in [5.74, 6) is 0. The van der Waals surface area contributed by atoms with E-state index in [2.05, 4.69) is 4.52 Å². The van der Waals surface area contributed by atoms with Crippen LogP contribution in [0.25, 0.3) is 0 Å². The molecule has 0 amide bonds. The van der Waals surface area contributed by atoms with Crippen molar-refractivity contribution in [3.05, 3.63) is 0 Å². The zero-order valence-electron chi connectivity index (χ0n) is 6.83. The number of rotatable bonds is 4. The maximum atomic E-state index is 9.78. The maximum Gasteiger partial charge on any atom is 1.00 e. The summed E-state index contributed by atoms with van der Waals surface area (Å²) in [6, 6.07) is 0. The van der Waals surface area contributed by atoms with Crippen LogP contribution in [0.1, 0.15) is 6.42 Å². The molecular formula is C3H5Cl2Cs2O4P. The fourth-order valence-electron chi connectivity index (χ4n) is 0.254. The standard InChI is InChI=1S/C3H7Cl2O4P.2Cs/c4-3(5)1-2-9-10(6,7)8;;/h3H,1-2H2,(H2,6,7,8);;/q;2*+1/p-2. The van der Waals surface area contributed by atoms with E-state index in [1.54, 1.807) is 0 Å². The van der Waals surface area contributed by atoms with Crippen LogP contribution in [0.3, 0.4) is 0 Å². The third kappa shape index (κ3) is 20.2. The monoisotopic (exact) mass is 472 g/mol. The van der Waals surface area contributed by atoms with Gasteiger partial charge >= 0.3 is 138 Å². The first-order valence-electron chi connectivity index (χ1n) is 2.36. The molecule has 0 saturated heterocycles. The number of hydrogen-bond acceptors (Lipinski definition) is 4. The summed E-state index contributed by atoms with van der Waals surface area (Å²) in [6.45, 7) is -0.262. The summed E-state index contributed by atoms with van der Waals surface area (Å²) < 4.78 is 13.6. The third-order valence-corrected chi connectivity index (χ3v) is 1.52. The van der Waals surface area contributed by atoms with Crippen LogP contribution >= 0.6 is 31.0 Å². The molecule has 0 saturated carbocycles. The Kier molecular flexibility index (Phi) is 22.5. The average Bonchev–Trinajstić information content (AvgIpc) is 1.59. The smallest absolute Gasteiger partial charge is 0.790 e. The summed E-state index contributed by atoms with van der Waals surface area (Å²) >= 11 is 10.4. The van der Waals surface area contributed by atoms with Gasteiger partial charge in [-0.05, 0) is 0 Å². The number of phosphoric ester groups is 1. The van der Waals surface area contributed by atoms with Crippen LogP contribution in [-0.2, 0) is 9.09 Å². The van der Waals surface area contributed by atoms with Crippen molar-refractivity contribution in [2.24, 2.45) is 0 Å². The van der Waals surface area contributed by atoms with E-state index >= 15 is 0 Å². The molecule has 0 aliphatic heterocycles. The predicted molar refractivity (Wildman–Crippen MR) is 33.7 cm³/mol. The first-order valence-corrected chi connectivity index (χ1v) is 4.70. The fourth-order valence-corrected chi connectivity index (χ4v) is 0.761. The molecule has 4 nitrogen and oxygen atoms in total. The summed E-state index contributed by atoms with van der Waals surface area (Å²) in [7, 11) is -4.84. The summed E-state index contributed by atoms with van der Waals surface area (Å²) in [4.78, 5) is 18.9. The minimum absolute atomic E-state index is 0. The molecule has 0 spiro atoms. The number of alkyl halides is 2. The van der Waals surface area contributed by atoms with E-state index in [4.69, 9.17) is 23.2 Å². The second-order valence-corrected chi connectivity index (χ2v) is 3.89. The second kappa shape index (κ2) is 12.3. The van der Waals surface area contributed by atoms with E-state index in [1.807, 2.05) is 0 Å². The Morgan fingerprint density at radius 2 is 1.75 bits per heavy atom. The van der Waals surface area contributed by atoms with Gasteiger partial charge in [0.25, 0.3) is 0 Å². The number of phosphoric acid groups is 1. The molecular weight excluding hydrogens is 468 g/mol. The van der Waals surface area contributed by atoms with E-state index in [0.29, 0.717) is 0 Å². The van der Waals surface area contributed by atoms with Gasteiger partial charge in [0.2, 0.25) is 0 Å². The normalized spacial score (nSPS) is 10.4. The van der Waals surface area contributed by atoms with Gasteiger partial charge < -0.3 is 18.9 Å². The molecule has 9 heteroatoms. The predicted octanol–water partition coefficient (Wildman–Crippen LogP) is -5.97. The maximum absolute atomic E-state index is 9.78. The van der Waals surface area contributed by atoms with E-state index in [9.17, 15) is 14.4 Å². The molecule has 0 N–H and O–H groups in total. The Morgan fingerprint density at radius 1 is 1.33 bits per heavy atom. The zero-order valence-corrected chi connectivity index (χ0v) is 21.8. The van der Waals surface area contributed by atoms with E-state index in [0.717, 1.165) is 0 Å². The molecule has 0 aromatic rings. The van der Waals surface area contributed by atoms with E-state index < -0.39 is 12.7 Å². The van der Waals surface area contributed by atoms with Crippen molar-refractivity contribution in [1.82, 2.24) is 0 Å². The first kappa shape index (κ1) is 22.0. The molecule has 0 unspecified atom stereocenters. The SMILES string of the molecule is O=P([O-])([O-])OCCC(Cl)Cl.[Cs+].[Cs+]. The molecule has 0 aromatic heterocycles. The minimum atomic E-state index is -4.84. The van der Waals surface area contributed by atoms with Crippen molar-refractivity contribution in [3.63, 3.8) is 0 Å². The Labute approximate surface area is 199 Å². The molecule has 0 aliphatic carbocycles. The van der Waals surface area contributed by atoms with Crippen LogP contribution in [-0.4, -0.2) is 11.4 Å². The average molecular weight is 473 g/mol. The van der Waals surface area contributed by atoms with Crippen LogP contribution in [0.2, 0.25) is 0 Å². The van der Waals surface area contributed by atoms with Gasteiger partial charge in [-0.3, -0.25) is 0 Å². The Hall–Kier alpha value is 4.79. The molecule has 12 heavy (non-hydrogen) atoms. The van der Waals surface area contributed by atoms with Gasteiger partial charge in [0, 0.05) is 6.42 Å². The summed E-state index contributed by atoms with van der Waals surface area (Å²) in [5, 5.41) is 0. The summed E-state index contributed by atoms with van der Waals surface area (Å²) in [5.41, 5.74) is 0. The third-order valence-electron chi connectivity index (χ3n) is 0.585. The van der Waals surface area contributed by atoms with Crippen molar-refractivity contribution in [2.45, 2.75) is 11.3 Å². The van der Waals surface area contributed by atoms with Gasteiger partial charge in [0.1, 0.15) is 4.84 Å². The Morgan fingerprint density at radius 3 is 2.00 bits per heavy atom. The van der Waals surface area contributed by atoms with Crippen LogP contribution < -0.4 is 148 Å². The molecule has 0 aliphatic rings. The topological polar surface area (TPSA) is 72.4 Å². The van der Waals surface area contributed by atoms with Crippen molar-refractivity contribution in [1.29, 1.82) is 0 Å². The number of halogens is 2. The van der Waals surface area contributed by atoms with Crippen LogP contribution in [0.5, 0.6) is 0 Å². The van der Waals surface area contributed by atoms with E-state index in [1.165, 1.54) is 0 Å². The molecule has 0 fully saturated rings. The molecule has 0 atom stereocenters. The molecule has 0 heterocycles. The van der Waals surface area contributed by atoms with Gasteiger partial charge in [0.15, 0.2) is 0 Å². The van der Waals surface area contributed by atoms with Gasteiger partial charge in [-0.15, -0.1) is 23.2 Å². The molecule has 62 valence electrons. The molecule has 0 radical (unpaired) electrons. The van der Waals surface area contributed by atoms with Crippen LogP contribution in [0.15, 0.2) is 0 Å². The zero-order chi connectivity index (χ0) is 8.20. The first-order chi connectivity index (χ1) is 4.42. The summed E-state index contributed by atoms with van der Waals surface area (Å²) in [6.07, 6.45) is 0.123. The minimum Gasteiger partial charge on any atom is -0.790 e. The van der Waals surface area contributed by atoms with Crippen molar-refractivity contribution in [3.8, 4) is 0 Å². The Balaban J connectivity index is -0.000000405. The van der Waals surface area contributed by atoms with Gasteiger partial charge in [-0.1, -0.05) is 0 Å². The second-order valence-electron chi connectivity index (χ2n) is 1.46. The van der Waals surface area contributed by atoms with Crippen LogP contribution in [0.4, 0.5) is 0 Å². The number of hydrogen-bond donors (Lipinski definition) is 0. The molecule has 0 aromatic carbocycles. The van der Waals surface area contributed by atoms with Crippen molar-refractivity contribution < 1.29 is 157 Å². The van der Waals surface area contributed by atoms with Gasteiger partial charge in [-0.2, -0.15) is 0 Å².